The fourth-order valence-corrected chi connectivity index (χ4v) is 4.36. The zero-order valence-electron chi connectivity index (χ0n) is 17.5. The average molecular weight is 481 g/mol. The molecule has 0 bridgehead atoms. The molecule has 0 saturated carbocycles. The number of halogens is 5. The summed E-state index contributed by atoms with van der Waals surface area (Å²) in [6.07, 6.45) is -3.99. The third-order valence-corrected chi connectivity index (χ3v) is 6.06. The van der Waals surface area contributed by atoms with Crippen LogP contribution in [0, 0.1) is 5.82 Å². The van der Waals surface area contributed by atoms with Crippen LogP contribution in [0.1, 0.15) is 5.69 Å². The monoisotopic (exact) mass is 480 g/mol. The van der Waals surface area contributed by atoms with Gasteiger partial charge in [0, 0.05) is 37.4 Å². The van der Waals surface area contributed by atoms with E-state index in [2.05, 4.69) is 10.00 Å². The Hall–Kier alpha value is -2.91. The summed E-state index contributed by atoms with van der Waals surface area (Å²) in [6.45, 7) is 2.15. The van der Waals surface area contributed by atoms with Crippen LogP contribution < -0.4 is 4.90 Å². The Kier molecular flexibility index (Phi) is 6.71. The zero-order valence-corrected chi connectivity index (χ0v) is 18.2. The molecule has 0 aliphatic carbocycles. The predicted octanol–water partition coefficient (Wildman–Crippen LogP) is 4.75. The molecule has 0 N–H and O–H groups in total. The summed E-state index contributed by atoms with van der Waals surface area (Å²) in [5.74, 6) is -0.316. The van der Waals surface area contributed by atoms with E-state index in [1.807, 2.05) is 4.90 Å². The van der Waals surface area contributed by atoms with Crippen molar-refractivity contribution in [2.75, 3.05) is 31.1 Å². The van der Waals surface area contributed by atoms with Gasteiger partial charge in [0.05, 0.1) is 23.3 Å². The maximum Gasteiger partial charge on any atom is 0.436 e. The maximum absolute atomic E-state index is 13.5. The number of aldehydes is 1. The molecule has 3 aromatic rings. The van der Waals surface area contributed by atoms with Crippen LogP contribution in [0.4, 0.5) is 23.2 Å². The first-order chi connectivity index (χ1) is 15.8. The van der Waals surface area contributed by atoms with E-state index in [4.69, 9.17) is 11.6 Å². The lowest BCUT2D eigenvalue weighted by atomic mass is 10.1. The van der Waals surface area contributed by atoms with Crippen molar-refractivity contribution in [3.63, 3.8) is 0 Å². The lowest BCUT2D eigenvalue weighted by Gasteiger charge is -2.38. The highest BCUT2D eigenvalue weighted by molar-refractivity contribution is 6.33. The third kappa shape index (κ3) is 5.04. The van der Waals surface area contributed by atoms with E-state index in [1.54, 1.807) is 42.5 Å². The quantitative estimate of drug-likeness (QED) is 0.377. The van der Waals surface area contributed by atoms with Crippen LogP contribution in [0.3, 0.4) is 0 Å². The van der Waals surface area contributed by atoms with Gasteiger partial charge in [0.15, 0.2) is 5.69 Å². The van der Waals surface area contributed by atoms with Crippen molar-refractivity contribution in [3.05, 3.63) is 71.1 Å². The third-order valence-electron chi connectivity index (χ3n) is 5.70. The molecule has 1 fully saturated rings. The fourth-order valence-electron chi connectivity index (χ4n) is 4.01. The van der Waals surface area contributed by atoms with E-state index in [0.29, 0.717) is 31.7 Å². The number of benzene rings is 2. The van der Waals surface area contributed by atoms with Gasteiger partial charge in [-0.05, 0) is 24.3 Å². The molecule has 1 unspecified atom stereocenters. The first-order valence-electron chi connectivity index (χ1n) is 10.4. The molecule has 2 aromatic carbocycles. The predicted molar refractivity (Wildman–Crippen MR) is 118 cm³/mol. The number of hydrogen-bond donors (Lipinski definition) is 0. The molecule has 33 heavy (non-hydrogen) atoms. The van der Waals surface area contributed by atoms with Gasteiger partial charge in [0.2, 0.25) is 0 Å². The fraction of sp³-hybridized carbons (Fsp3) is 0.304. The molecule has 4 rings (SSSR count). The second kappa shape index (κ2) is 9.52. The first kappa shape index (κ1) is 23.3. The summed E-state index contributed by atoms with van der Waals surface area (Å²) in [6, 6.07) is 13.9. The molecule has 0 amide bonds. The Labute approximate surface area is 193 Å². The van der Waals surface area contributed by atoms with Crippen molar-refractivity contribution in [2.45, 2.75) is 18.8 Å². The van der Waals surface area contributed by atoms with E-state index >= 15 is 0 Å². The van der Waals surface area contributed by atoms with Crippen LogP contribution in [0.5, 0.6) is 0 Å². The van der Waals surface area contributed by atoms with Gasteiger partial charge < -0.3 is 9.69 Å². The van der Waals surface area contributed by atoms with Crippen molar-refractivity contribution in [2.24, 2.45) is 0 Å². The first-order valence-corrected chi connectivity index (χ1v) is 10.7. The topological polar surface area (TPSA) is 41.4 Å². The lowest BCUT2D eigenvalue weighted by molar-refractivity contribution is -0.141. The number of aromatic nitrogens is 2. The summed E-state index contributed by atoms with van der Waals surface area (Å²) in [5, 5.41) is 3.25. The number of carbonyl (C=O) groups is 1. The number of piperazine rings is 1. The molecule has 1 saturated heterocycles. The van der Waals surface area contributed by atoms with Gasteiger partial charge in [-0.15, -0.1) is 0 Å². The number of anilines is 1. The van der Waals surface area contributed by atoms with Gasteiger partial charge in [0.1, 0.15) is 12.1 Å². The average Bonchev–Trinajstić information content (AvgIpc) is 3.15. The summed E-state index contributed by atoms with van der Waals surface area (Å²) in [5.41, 5.74) is 0.310. The Bertz CT molecular complexity index is 1090. The highest BCUT2D eigenvalue weighted by Gasteiger charge is 2.39. The van der Waals surface area contributed by atoms with Crippen molar-refractivity contribution >= 4 is 23.6 Å². The molecule has 2 heterocycles. The van der Waals surface area contributed by atoms with Gasteiger partial charge in [-0.3, -0.25) is 9.58 Å². The van der Waals surface area contributed by atoms with Crippen LogP contribution >= 0.6 is 11.6 Å². The molecule has 0 spiro atoms. The van der Waals surface area contributed by atoms with Crippen LogP contribution in [0.25, 0.3) is 11.3 Å². The highest BCUT2D eigenvalue weighted by Crippen LogP contribution is 2.39. The minimum absolute atomic E-state index is 0.0694. The molecular weight excluding hydrogens is 460 g/mol. The van der Waals surface area contributed by atoms with Crippen molar-refractivity contribution < 1.29 is 22.4 Å². The van der Waals surface area contributed by atoms with Gasteiger partial charge in [0.25, 0.3) is 0 Å². The Morgan fingerprint density at radius 2 is 1.64 bits per heavy atom. The van der Waals surface area contributed by atoms with E-state index in [1.165, 1.54) is 16.8 Å². The SMILES string of the molecule is O=CC(Cn1nc(C(F)(F)F)c(Cl)c1-c1ccccc1)N1CCN(c2ccc(F)cc2)CC1. The highest BCUT2D eigenvalue weighted by atomic mass is 35.5. The second-order valence-electron chi connectivity index (χ2n) is 7.76. The standard InChI is InChI=1S/C23H21ClF4N4O/c24-20-21(16-4-2-1-3-5-16)32(29-22(20)23(26,27)28)14-19(15-33)31-12-10-30(11-13-31)18-8-6-17(25)7-9-18/h1-9,15,19H,10-14H2. The molecular formula is C23H21ClF4N4O. The zero-order chi connectivity index (χ0) is 23.6. The van der Waals surface area contributed by atoms with Crippen molar-refractivity contribution in [1.82, 2.24) is 14.7 Å². The molecule has 1 aromatic heterocycles. The van der Waals surface area contributed by atoms with Crippen LogP contribution in [-0.2, 0) is 17.5 Å². The van der Waals surface area contributed by atoms with Crippen LogP contribution in [-0.4, -0.2) is 53.2 Å². The number of rotatable bonds is 6. The van der Waals surface area contributed by atoms with E-state index in [-0.39, 0.29) is 18.1 Å². The van der Waals surface area contributed by atoms with E-state index in [9.17, 15) is 22.4 Å². The maximum atomic E-state index is 13.5. The smallest absolute Gasteiger partial charge is 0.369 e. The summed E-state index contributed by atoms with van der Waals surface area (Å²) < 4.78 is 54.8. The number of nitrogens with zero attached hydrogens (tertiary/aromatic N) is 4. The normalized spacial score (nSPS) is 16.1. The summed E-state index contributed by atoms with van der Waals surface area (Å²) >= 11 is 6.12. The number of alkyl halides is 3. The van der Waals surface area contributed by atoms with Crippen LogP contribution in [0.2, 0.25) is 5.02 Å². The molecule has 0 radical (unpaired) electrons. The summed E-state index contributed by atoms with van der Waals surface area (Å²) in [7, 11) is 0. The Morgan fingerprint density at radius 3 is 2.21 bits per heavy atom. The molecule has 1 aliphatic rings. The largest absolute Gasteiger partial charge is 0.436 e. The number of carbonyl (C=O) groups excluding carboxylic acids is 1. The molecule has 5 nitrogen and oxygen atoms in total. The number of hydrogen-bond acceptors (Lipinski definition) is 4. The van der Waals surface area contributed by atoms with Gasteiger partial charge in [-0.2, -0.15) is 18.3 Å². The van der Waals surface area contributed by atoms with Crippen molar-refractivity contribution in [1.29, 1.82) is 0 Å². The second-order valence-corrected chi connectivity index (χ2v) is 8.14. The van der Waals surface area contributed by atoms with Gasteiger partial charge in [-0.1, -0.05) is 41.9 Å². The minimum Gasteiger partial charge on any atom is -0.369 e. The van der Waals surface area contributed by atoms with E-state index < -0.39 is 22.9 Å². The van der Waals surface area contributed by atoms with Crippen molar-refractivity contribution in [3.8, 4) is 11.3 Å². The Morgan fingerprint density at radius 1 is 1.00 bits per heavy atom. The Balaban J connectivity index is 1.55. The van der Waals surface area contributed by atoms with Crippen LogP contribution in [0.15, 0.2) is 54.6 Å². The lowest BCUT2D eigenvalue weighted by Crippen LogP contribution is -2.52. The van der Waals surface area contributed by atoms with Gasteiger partial charge >= 0.3 is 6.18 Å². The minimum atomic E-state index is -4.72. The molecule has 1 atom stereocenters. The van der Waals surface area contributed by atoms with E-state index in [0.717, 1.165) is 12.0 Å². The molecule has 1 aliphatic heterocycles. The van der Waals surface area contributed by atoms with Gasteiger partial charge in [-0.25, -0.2) is 4.39 Å². The molecule has 10 heteroatoms. The molecule has 174 valence electrons. The summed E-state index contributed by atoms with van der Waals surface area (Å²) in [4.78, 5) is 15.9.